The van der Waals surface area contributed by atoms with E-state index < -0.39 is 0 Å². The molecule has 0 aliphatic heterocycles. The molecule has 0 saturated carbocycles. The van der Waals surface area contributed by atoms with Crippen LogP contribution in [0.25, 0.3) is 0 Å². The van der Waals surface area contributed by atoms with Crippen molar-refractivity contribution in [1.29, 1.82) is 0 Å². The fraction of sp³-hybridized carbons (Fsp3) is 0.188. The number of carbonyl (C=O) groups is 2. The maximum atomic E-state index is 12.1. The van der Waals surface area contributed by atoms with Crippen molar-refractivity contribution >= 4 is 17.4 Å². The van der Waals surface area contributed by atoms with Gasteiger partial charge in [0.05, 0.1) is 5.71 Å². The van der Waals surface area contributed by atoms with Gasteiger partial charge in [-0.05, 0) is 50.1 Å². The van der Waals surface area contributed by atoms with E-state index in [0.717, 1.165) is 11.1 Å². The number of nitrogens with zero attached hydrogens (tertiary/aromatic N) is 1. The quantitative estimate of drug-likeness (QED) is 0.722. The maximum Gasteiger partial charge on any atom is 0.277 e. The summed E-state index contributed by atoms with van der Waals surface area (Å²) in [5.41, 5.74) is 3.44. The second-order valence-corrected chi connectivity index (χ2v) is 4.56. The van der Waals surface area contributed by atoms with Crippen LogP contribution in [-0.4, -0.2) is 17.4 Å². The zero-order valence-electron chi connectivity index (χ0n) is 11.2. The fourth-order valence-electron chi connectivity index (χ4n) is 1.89. The second-order valence-electron chi connectivity index (χ2n) is 4.56. The van der Waals surface area contributed by atoms with E-state index in [2.05, 4.69) is 4.99 Å². The Balaban J connectivity index is 2.38. The van der Waals surface area contributed by atoms with Gasteiger partial charge in [-0.15, -0.1) is 0 Å². The molecule has 0 bridgehead atoms. The molecule has 0 radical (unpaired) electrons. The Labute approximate surface area is 112 Å². The van der Waals surface area contributed by atoms with E-state index in [9.17, 15) is 9.59 Å². The molecule has 0 spiro atoms. The van der Waals surface area contributed by atoms with Crippen LogP contribution < -0.4 is 0 Å². The lowest BCUT2D eigenvalue weighted by Gasteiger charge is -2.10. The number of hydrogen-bond acceptors (Lipinski definition) is 2. The Morgan fingerprint density at radius 2 is 1.68 bits per heavy atom. The van der Waals surface area contributed by atoms with Crippen molar-refractivity contribution in [3.8, 4) is 0 Å². The van der Waals surface area contributed by atoms with Crippen LogP contribution in [0.3, 0.4) is 0 Å². The molecule has 1 amide bonds. The molecular weight excluding hydrogens is 238 g/mol. The SMILES string of the molecule is CC1=C(C)C(=NC(=O)c2ccccc2C)C=CC1=O. The molecule has 19 heavy (non-hydrogen) atoms. The number of aryl methyl sites for hydroxylation is 1. The van der Waals surface area contributed by atoms with Gasteiger partial charge in [-0.25, -0.2) is 4.99 Å². The largest absolute Gasteiger partial charge is 0.290 e. The van der Waals surface area contributed by atoms with Crippen LogP contribution in [0.5, 0.6) is 0 Å². The normalized spacial score (nSPS) is 17.2. The number of aliphatic imine (C=N–C) groups is 1. The molecule has 3 heteroatoms. The summed E-state index contributed by atoms with van der Waals surface area (Å²) < 4.78 is 0. The molecule has 1 aromatic rings. The van der Waals surface area contributed by atoms with Crippen LogP contribution in [0.2, 0.25) is 0 Å². The molecule has 96 valence electrons. The molecule has 3 nitrogen and oxygen atoms in total. The minimum absolute atomic E-state index is 0.0280. The second kappa shape index (κ2) is 5.14. The number of allylic oxidation sites excluding steroid dienone is 4. The van der Waals surface area contributed by atoms with Crippen LogP contribution in [0.15, 0.2) is 52.6 Å². The number of carbonyl (C=O) groups excluding carboxylic acids is 2. The molecule has 0 heterocycles. The van der Waals surface area contributed by atoms with Gasteiger partial charge in [-0.2, -0.15) is 0 Å². The molecule has 0 aromatic heterocycles. The monoisotopic (exact) mass is 253 g/mol. The molecule has 0 fully saturated rings. The highest BCUT2D eigenvalue weighted by molar-refractivity contribution is 6.24. The van der Waals surface area contributed by atoms with Crippen LogP contribution in [-0.2, 0) is 4.79 Å². The van der Waals surface area contributed by atoms with Crippen LogP contribution in [0.1, 0.15) is 29.8 Å². The molecule has 1 aliphatic carbocycles. The van der Waals surface area contributed by atoms with E-state index in [1.807, 2.05) is 25.1 Å². The number of hydrogen-bond donors (Lipinski definition) is 0. The first kappa shape index (κ1) is 13.1. The minimum atomic E-state index is -0.278. The Kier molecular flexibility index (Phi) is 3.56. The fourth-order valence-corrected chi connectivity index (χ4v) is 1.89. The average molecular weight is 253 g/mol. The summed E-state index contributed by atoms with van der Waals surface area (Å²) in [6.45, 7) is 5.43. The highest BCUT2D eigenvalue weighted by atomic mass is 16.1. The predicted molar refractivity (Wildman–Crippen MR) is 75.5 cm³/mol. The van der Waals surface area contributed by atoms with Gasteiger partial charge < -0.3 is 0 Å². The van der Waals surface area contributed by atoms with E-state index in [4.69, 9.17) is 0 Å². The topological polar surface area (TPSA) is 46.5 Å². The van der Waals surface area contributed by atoms with Gasteiger partial charge in [-0.3, -0.25) is 9.59 Å². The number of rotatable bonds is 1. The summed E-state index contributed by atoms with van der Waals surface area (Å²) >= 11 is 0. The Morgan fingerprint density at radius 1 is 1.00 bits per heavy atom. The molecule has 0 N–H and O–H groups in total. The van der Waals surface area contributed by atoms with Crippen molar-refractivity contribution < 1.29 is 9.59 Å². The summed E-state index contributed by atoms with van der Waals surface area (Å²) in [4.78, 5) is 27.7. The molecule has 0 unspecified atom stereocenters. The number of benzene rings is 1. The van der Waals surface area contributed by atoms with Crippen molar-refractivity contribution in [2.75, 3.05) is 0 Å². The summed E-state index contributed by atoms with van der Waals surface area (Å²) in [6.07, 6.45) is 3.05. The molecule has 0 saturated heterocycles. The Morgan fingerprint density at radius 3 is 2.37 bits per heavy atom. The standard InChI is InChI=1S/C16H15NO2/c1-10-6-4-5-7-13(10)16(19)17-14-8-9-15(18)12(3)11(14)2/h4-9H,1-3H3. The lowest BCUT2D eigenvalue weighted by molar-refractivity contribution is -0.111. The zero-order chi connectivity index (χ0) is 14.0. The van der Waals surface area contributed by atoms with Crippen LogP contribution in [0.4, 0.5) is 0 Å². The van der Waals surface area contributed by atoms with Gasteiger partial charge in [0, 0.05) is 11.1 Å². The van der Waals surface area contributed by atoms with E-state index >= 15 is 0 Å². The van der Waals surface area contributed by atoms with Crippen LogP contribution >= 0.6 is 0 Å². The van der Waals surface area contributed by atoms with E-state index in [1.165, 1.54) is 6.08 Å². The number of amides is 1. The lowest BCUT2D eigenvalue weighted by Crippen LogP contribution is -2.13. The molecule has 1 aromatic carbocycles. The molecule has 0 atom stereocenters. The van der Waals surface area contributed by atoms with Gasteiger partial charge in [0.1, 0.15) is 0 Å². The van der Waals surface area contributed by atoms with Gasteiger partial charge >= 0.3 is 0 Å². The molecule has 1 aliphatic rings. The average Bonchev–Trinajstić information content (AvgIpc) is 2.40. The maximum absolute atomic E-state index is 12.1. The first-order valence-electron chi connectivity index (χ1n) is 6.09. The lowest BCUT2D eigenvalue weighted by atomic mass is 9.97. The van der Waals surface area contributed by atoms with Crippen molar-refractivity contribution in [2.24, 2.45) is 4.99 Å². The third-order valence-corrected chi connectivity index (χ3v) is 3.31. The van der Waals surface area contributed by atoms with Crippen molar-refractivity contribution in [3.63, 3.8) is 0 Å². The Bertz CT molecular complexity index is 648. The van der Waals surface area contributed by atoms with E-state index in [0.29, 0.717) is 16.8 Å². The van der Waals surface area contributed by atoms with Gasteiger partial charge in [-0.1, -0.05) is 18.2 Å². The first-order valence-corrected chi connectivity index (χ1v) is 6.09. The summed E-state index contributed by atoms with van der Waals surface area (Å²) in [7, 11) is 0. The third kappa shape index (κ3) is 2.60. The van der Waals surface area contributed by atoms with E-state index in [-0.39, 0.29) is 11.7 Å². The van der Waals surface area contributed by atoms with Crippen molar-refractivity contribution in [1.82, 2.24) is 0 Å². The molecular formula is C16H15NO2. The summed E-state index contributed by atoms with van der Waals surface area (Å²) in [5, 5.41) is 0. The van der Waals surface area contributed by atoms with Crippen LogP contribution in [0, 0.1) is 6.92 Å². The Hall–Kier alpha value is -2.29. The highest BCUT2D eigenvalue weighted by Gasteiger charge is 2.16. The molecule has 2 rings (SSSR count). The highest BCUT2D eigenvalue weighted by Crippen LogP contribution is 2.16. The van der Waals surface area contributed by atoms with Gasteiger partial charge in [0.15, 0.2) is 5.78 Å². The smallest absolute Gasteiger partial charge is 0.277 e. The number of ketones is 1. The summed E-state index contributed by atoms with van der Waals surface area (Å²) in [5.74, 6) is -0.306. The first-order chi connectivity index (χ1) is 9.00. The predicted octanol–water partition coefficient (Wildman–Crippen LogP) is 3.05. The van der Waals surface area contributed by atoms with Crippen molar-refractivity contribution in [2.45, 2.75) is 20.8 Å². The van der Waals surface area contributed by atoms with Gasteiger partial charge in [0.25, 0.3) is 5.91 Å². The third-order valence-electron chi connectivity index (χ3n) is 3.31. The summed E-state index contributed by atoms with van der Waals surface area (Å²) in [6, 6.07) is 7.33. The van der Waals surface area contributed by atoms with E-state index in [1.54, 1.807) is 26.0 Å². The van der Waals surface area contributed by atoms with Crippen molar-refractivity contribution in [3.05, 3.63) is 58.7 Å². The van der Waals surface area contributed by atoms with Gasteiger partial charge in [0.2, 0.25) is 0 Å². The minimum Gasteiger partial charge on any atom is -0.290 e. The zero-order valence-corrected chi connectivity index (χ0v) is 11.2.